The molecule has 0 spiro atoms. The Balaban J connectivity index is 2.92. The van der Waals surface area contributed by atoms with Gasteiger partial charge in [-0.3, -0.25) is 4.79 Å². The second-order valence-corrected chi connectivity index (χ2v) is 6.26. The highest BCUT2D eigenvalue weighted by Crippen LogP contribution is 2.22. The van der Waals surface area contributed by atoms with Crippen LogP contribution in [0.15, 0.2) is 22.7 Å². The molecule has 0 saturated heterocycles. The van der Waals surface area contributed by atoms with Crippen molar-refractivity contribution in [3.8, 4) is 0 Å². The van der Waals surface area contributed by atoms with Crippen LogP contribution in [0.2, 0.25) is 0 Å². The summed E-state index contributed by atoms with van der Waals surface area (Å²) in [4.78, 5) is 14.1. The molecule has 0 aliphatic heterocycles. The molecule has 0 saturated carbocycles. The molecule has 0 fully saturated rings. The van der Waals surface area contributed by atoms with E-state index in [0.717, 1.165) is 15.6 Å². The second kappa shape index (κ2) is 5.82. The lowest BCUT2D eigenvalue weighted by molar-refractivity contribution is 0.0796. The average molecular weight is 349 g/mol. The normalized spacial score (nSPS) is 12.3. The molecule has 0 aliphatic carbocycles. The Morgan fingerprint density at radius 1 is 1.50 bits per heavy atom. The van der Waals surface area contributed by atoms with Crippen molar-refractivity contribution in [2.45, 2.75) is 18.7 Å². The lowest BCUT2D eigenvalue weighted by atomic mass is 10.1. The molecule has 0 N–H and O–H groups in total. The van der Waals surface area contributed by atoms with Crippen LogP contribution in [0.3, 0.4) is 0 Å². The van der Waals surface area contributed by atoms with Crippen molar-refractivity contribution in [3.05, 3.63) is 33.8 Å². The summed E-state index contributed by atoms with van der Waals surface area (Å²) in [6, 6.07) is 5.72. The van der Waals surface area contributed by atoms with E-state index in [4.69, 9.17) is 0 Å². The average Bonchev–Trinajstić information content (AvgIpc) is 2.20. The van der Waals surface area contributed by atoms with E-state index >= 15 is 0 Å². The maximum atomic E-state index is 12.1. The zero-order chi connectivity index (χ0) is 12.3. The van der Waals surface area contributed by atoms with Gasteiger partial charge in [0.1, 0.15) is 0 Å². The number of aryl methyl sites for hydroxylation is 1. The topological polar surface area (TPSA) is 20.3 Å². The molecule has 1 amide bonds. The number of alkyl halides is 1. The molecule has 1 atom stereocenters. The van der Waals surface area contributed by atoms with Gasteiger partial charge in [0.15, 0.2) is 0 Å². The van der Waals surface area contributed by atoms with Crippen molar-refractivity contribution in [1.82, 2.24) is 4.90 Å². The highest BCUT2D eigenvalue weighted by molar-refractivity contribution is 9.10. The van der Waals surface area contributed by atoms with Gasteiger partial charge >= 0.3 is 0 Å². The molecular formula is C12H15Br2NO. The molecule has 0 radical (unpaired) electrons. The van der Waals surface area contributed by atoms with Crippen LogP contribution in [-0.4, -0.2) is 29.2 Å². The lowest BCUT2D eigenvalue weighted by Crippen LogP contribution is -2.31. The molecule has 16 heavy (non-hydrogen) atoms. The van der Waals surface area contributed by atoms with E-state index < -0.39 is 0 Å². The van der Waals surface area contributed by atoms with Crippen LogP contribution in [0.4, 0.5) is 0 Å². The molecule has 1 unspecified atom stereocenters. The summed E-state index contributed by atoms with van der Waals surface area (Å²) < 4.78 is 0.883. The number of halogens is 2. The van der Waals surface area contributed by atoms with Crippen molar-refractivity contribution in [3.63, 3.8) is 0 Å². The van der Waals surface area contributed by atoms with Gasteiger partial charge < -0.3 is 4.90 Å². The Morgan fingerprint density at radius 3 is 2.69 bits per heavy atom. The largest absolute Gasteiger partial charge is 0.341 e. The van der Waals surface area contributed by atoms with Crippen molar-refractivity contribution in [1.29, 1.82) is 0 Å². The van der Waals surface area contributed by atoms with Crippen molar-refractivity contribution in [2.75, 3.05) is 13.6 Å². The molecular weight excluding hydrogens is 334 g/mol. The third-order valence-corrected chi connectivity index (χ3v) is 3.64. The molecule has 0 heterocycles. The number of nitrogens with zero attached hydrogens (tertiary/aromatic N) is 1. The van der Waals surface area contributed by atoms with E-state index in [9.17, 15) is 4.79 Å². The first kappa shape index (κ1) is 13.7. The van der Waals surface area contributed by atoms with E-state index in [2.05, 4.69) is 31.9 Å². The predicted octanol–water partition coefficient (Wildman–Crippen LogP) is 3.61. The highest BCUT2D eigenvalue weighted by atomic mass is 79.9. The fraction of sp³-hybridized carbons (Fsp3) is 0.417. The quantitative estimate of drug-likeness (QED) is 0.764. The molecule has 1 aromatic carbocycles. The maximum absolute atomic E-state index is 12.1. The minimum absolute atomic E-state index is 0.0434. The van der Waals surface area contributed by atoms with Gasteiger partial charge in [-0.2, -0.15) is 0 Å². The first-order chi connectivity index (χ1) is 7.43. The van der Waals surface area contributed by atoms with Crippen LogP contribution in [0.5, 0.6) is 0 Å². The van der Waals surface area contributed by atoms with E-state index in [1.807, 2.05) is 39.1 Å². The SMILES string of the molecule is Cc1cccc(C(=O)N(C)CC(C)Br)c1Br. The lowest BCUT2D eigenvalue weighted by Gasteiger charge is -2.19. The summed E-state index contributed by atoms with van der Waals surface area (Å²) in [6.45, 7) is 4.70. The zero-order valence-corrected chi connectivity index (χ0v) is 12.8. The first-order valence-electron chi connectivity index (χ1n) is 5.08. The second-order valence-electron chi connectivity index (χ2n) is 3.90. The zero-order valence-electron chi connectivity index (χ0n) is 9.63. The Bertz CT molecular complexity index is 391. The van der Waals surface area contributed by atoms with Gasteiger partial charge in [-0.25, -0.2) is 0 Å². The van der Waals surface area contributed by atoms with E-state index in [1.165, 1.54) is 0 Å². The molecule has 0 aromatic heterocycles. The molecule has 2 nitrogen and oxygen atoms in total. The monoisotopic (exact) mass is 347 g/mol. The summed E-state index contributed by atoms with van der Waals surface area (Å²) in [5, 5.41) is 0. The molecule has 1 rings (SSSR count). The number of carbonyl (C=O) groups excluding carboxylic acids is 1. The van der Waals surface area contributed by atoms with E-state index in [1.54, 1.807) is 4.90 Å². The van der Waals surface area contributed by atoms with Gasteiger partial charge in [-0.1, -0.05) is 35.0 Å². The number of rotatable bonds is 3. The van der Waals surface area contributed by atoms with Gasteiger partial charge in [-0.15, -0.1) is 0 Å². The molecule has 88 valence electrons. The Labute approximate surface area is 113 Å². The maximum Gasteiger partial charge on any atom is 0.254 e. The molecule has 0 bridgehead atoms. The van der Waals surface area contributed by atoms with E-state index in [-0.39, 0.29) is 5.91 Å². The Morgan fingerprint density at radius 2 is 2.12 bits per heavy atom. The van der Waals surface area contributed by atoms with Crippen LogP contribution in [0, 0.1) is 6.92 Å². The van der Waals surface area contributed by atoms with Gasteiger partial charge in [0.2, 0.25) is 0 Å². The number of benzene rings is 1. The van der Waals surface area contributed by atoms with Gasteiger partial charge in [0, 0.05) is 22.9 Å². The van der Waals surface area contributed by atoms with Crippen LogP contribution >= 0.6 is 31.9 Å². The summed E-state index contributed by atoms with van der Waals surface area (Å²) in [7, 11) is 1.81. The summed E-state index contributed by atoms with van der Waals surface area (Å²) in [5.74, 6) is 0.0434. The Kier molecular flexibility index (Phi) is 4.99. The van der Waals surface area contributed by atoms with Gasteiger partial charge in [0.25, 0.3) is 5.91 Å². The van der Waals surface area contributed by atoms with Crippen LogP contribution in [-0.2, 0) is 0 Å². The van der Waals surface area contributed by atoms with Crippen LogP contribution in [0.25, 0.3) is 0 Å². The van der Waals surface area contributed by atoms with Gasteiger partial charge in [0.05, 0.1) is 5.56 Å². The summed E-state index contributed by atoms with van der Waals surface area (Å²) in [5.41, 5.74) is 1.79. The molecule has 1 aromatic rings. The minimum Gasteiger partial charge on any atom is -0.341 e. The standard InChI is InChI=1S/C12H15Br2NO/c1-8-5-4-6-10(11(8)14)12(16)15(3)7-9(2)13/h4-6,9H,7H2,1-3H3. The van der Waals surface area contributed by atoms with Crippen LogP contribution in [0.1, 0.15) is 22.8 Å². The fourth-order valence-electron chi connectivity index (χ4n) is 1.48. The third kappa shape index (κ3) is 3.32. The molecule has 4 heteroatoms. The fourth-order valence-corrected chi connectivity index (χ4v) is 2.35. The van der Waals surface area contributed by atoms with Crippen LogP contribution < -0.4 is 0 Å². The molecule has 0 aliphatic rings. The summed E-state index contributed by atoms with van der Waals surface area (Å²) in [6.07, 6.45) is 0. The number of carbonyl (C=O) groups is 1. The summed E-state index contributed by atoms with van der Waals surface area (Å²) >= 11 is 6.90. The smallest absolute Gasteiger partial charge is 0.254 e. The Hall–Kier alpha value is -0.350. The van der Waals surface area contributed by atoms with Gasteiger partial charge in [-0.05, 0) is 34.5 Å². The highest BCUT2D eigenvalue weighted by Gasteiger charge is 2.16. The predicted molar refractivity (Wildman–Crippen MR) is 74.2 cm³/mol. The number of hydrogen-bond donors (Lipinski definition) is 0. The van der Waals surface area contributed by atoms with E-state index in [0.29, 0.717) is 11.4 Å². The first-order valence-corrected chi connectivity index (χ1v) is 6.79. The van der Waals surface area contributed by atoms with Crippen molar-refractivity contribution >= 4 is 37.8 Å². The van der Waals surface area contributed by atoms with Crippen molar-refractivity contribution in [2.24, 2.45) is 0 Å². The number of hydrogen-bond acceptors (Lipinski definition) is 1. The number of amides is 1. The minimum atomic E-state index is 0.0434. The third-order valence-electron chi connectivity index (χ3n) is 2.29. The van der Waals surface area contributed by atoms with Crippen molar-refractivity contribution < 1.29 is 4.79 Å².